The molecule has 2 N–H and O–H groups in total. The fourth-order valence-corrected chi connectivity index (χ4v) is 1.53. The van der Waals surface area contributed by atoms with Gasteiger partial charge in [-0.2, -0.15) is 4.39 Å². The van der Waals surface area contributed by atoms with Crippen LogP contribution >= 0.6 is 0 Å². The van der Waals surface area contributed by atoms with Gasteiger partial charge in [0.1, 0.15) is 0 Å². The number of halogens is 1. The lowest BCUT2D eigenvalue weighted by Crippen LogP contribution is -2.32. The molecule has 0 aliphatic heterocycles. The lowest BCUT2D eigenvalue weighted by Gasteiger charge is -2.08. The van der Waals surface area contributed by atoms with Crippen LogP contribution in [0.3, 0.4) is 0 Å². The first-order chi connectivity index (χ1) is 9.02. The Labute approximate surface area is 105 Å². The highest BCUT2D eigenvalue weighted by Gasteiger charge is 2.14. The van der Waals surface area contributed by atoms with Crippen molar-refractivity contribution in [1.29, 1.82) is 0 Å². The predicted octanol–water partition coefficient (Wildman–Crippen LogP) is -0.167. The average Bonchev–Trinajstić information content (AvgIpc) is 2.41. The SMILES string of the molecule is COc1cc(Cn2c(O)c(F)c(=O)[nH]c2=O)ccn1. The van der Waals surface area contributed by atoms with Gasteiger partial charge in [-0.15, -0.1) is 0 Å². The summed E-state index contributed by atoms with van der Waals surface area (Å²) in [6.45, 7) is -0.128. The third-order valence-corrected chi connectivity index (χ3v) is 2.47. The van der Waals surface area contributed by atoms with E-state index in [4.69, 9.17) is 4.74 Å². The molecule has 19 heavy (non-hydrogen) atoms. The fourth-order valence-electron chi connectivity index (χ4n) is 1.53. The van der Waals surface area contributed by atoms with Gasteiger partial charge in [0.25, 0.3) is 5.56 Å². The van der Waals surface area contributed by atoms with Gasteiger partial charge in [0, 0.05) is 12.3 Å². The largest absolute Gasteiger partial charge is 0.492 e. The Morgan fingerprint density at radius 2 is 2.26 bits per heavy atom. The van der Waals surface area contributed by atoms with Crippen molar-refractivity contribution < 1.29 is 14.2 Å². The highest BCUT2D eigenvalue weighted by molar-refractivity contribution is 5.22. The van der Waals surface area contributed by atoms with Crippen LogP contribution in [0.5, 0.6) is 11.8 Å². The number of aromatic hydroxyl groups is 1. The van der Waals surface area contributed by atoms with Crippen LogP contribution in [-0.4, -0.2) is 26.8 Å². The standard InChI is InChI=1S/C11H10FN3O4/c1-19-7-4-6(2-3-13-7)5-15-10(17)8(12)9(16)14-11(15)18/h2-4,17H,5H2,1H3,(H,14,16,18). The Morgan fingerprint density at radius 3 is 2.95 bits per heavy atom. The molecule has 8 heteroatoms. The van der Waals surface area contributed by atoms with Crippen LogP contribution in [0.25, 0.3) is 0 Å². The van der Waals surface area contributed by atoms with Gasteiger partial charge in [0.05, 0.1) is 13.7 Å². The van der Waals surface area contributed by atoms with Gasteiger partial charge in [-0.3, -0.25) is 14.3 Å². The molecule has 0 saturated heterocycles. The van der Waals surface area contributed by atoms with Gasteiger partial charge in [0.15, 0.2) is 0 Å². The van der Waals surface area contributed by atoms with Crippen molar-refractivity contribution in [2.24, 2.45) is 0 Å². The molecule has 0 unspecified atom stereocenters. The maximum Gasteiger partial charge on any atom is 0.331 e. The molecule has 0 atom stereocenters. The van der Waals surface area contributed by atoms with E-state index >= 15 is 0 Å². The molecule has 2 rings (SSSR count). The molecule has 0 radical (unpaired) electrons. The average molecular weight is 267 g/mol. The minimum Gasteiger partial charge on any atom is -0.492 e. The van der Waals surface area contributed by atoms with Gasteiger partial charge in [-0.25, -0.2) is 9.78 Å². The quantitative estimate of drug-likeness (QED) is 0.805. The Kier molecular flexibility index (Phi) is 3.32. The van der Waals surface area contributed by atoms with E-state index in [0.717, 1.165) is 0 Å². The van der Waals surface area contributed by atoms with Crippen LogP contribution in [0.4, 0.5) is 4.39 Å². The molecule has 0 spiro atoms. The molecular weight excluding hydrogens is 257 g/mol. The molecule has 100 valence electrons. The number of aromatic nitrogens is 3. The summed E-state index contributed by atoms with van der Waals surface area (Å²) in [6.07, 6.45) is 1.44. The third-order valence-electron chi connectivity index (χ3n) is 2.47. The Hall–Kier alpha value is -2.64. The monoisotopic (exact) mass is 267 g/mol. The van der Waals surface area contributed by atoms with Crippen molar-refractivity contribution in [3.8, 4) is 11.8 Å². The molecule has 0 amide bonds. The summed E-state index contributed by atoms with van der Waals surface area (Å²) in [5, 5.41) is 9.47. The highest BCUT2D eigenvalue weighted by atomic mass is 19.1. The summed E-state index contributed by atoms with van der Waals surface area (Å²) in [6, 6.07) is 3.09. The van der Waals surface area contributed by atoms with Gasteiger partial charge in [0.2, 0.25) is 17.6 Å². The fraction of sp³-hybridized carbons (Fsp3) is 0.182. The number of ether oxygens (including phenoxy) is 1. The number of H-pyrrole nitrogens is 1. The zero-order valence-electron chi connectivity index (χ0n) is 9.88. The minimum absolute atomic E-state index is 0.128. The molecule has 0 bridgehead atoms. The highest BCUT2D eigenvalue weighted by Crippen LogP contribution is 2.13. The molecular formula is C11H10FN3O4. The number of hydrogen-bond donors (Lipinski definition) is 2. The van der Waals surface area contributed by atoms with Crippen LogP contribution in [-0.2, 0) is 6.54 Å². The number of pyridine rings is 1. The number of hydrogen-bond acceptors (Lipinski definition) is 5. The van der Waals surface area contributed by atoms with Crippen molar-refractivity contribution in [2.75, 3.05) is 7.11 Å². The number of aromatic amines is 1. The second-order valence-corrected chi connectivity index (χ2v) is 3.69. The van der Waals surface area contributed by atoms with E-state index in [0.29, 0.717) is 16.0 Å². The Balaban J connectivity index is 2.46. The van der Waals surface area contributed by atoms with E-state index in [2.05, 4.69) is 4.98 Å². The van der Waals surface area contributed by atoms with Crippen LogP contribution in [0.1, 0.15) is 5.56 Å². The molecule has 2 aromatic rings. The number of rotatable bonds is 3. The van der Waals surface area contributed by atoms with Crippen LogP contribution < -0.4 is 16.0 Å². The number of methoxy groups -OCH3 is 1. The number of nitrogens with one attached hydrogen (secondary N) is 1. The maximum absolute atomic E-state index is 13.2. The topological polar surface area (TPSA) is 97.2 Å². The molecule has 0 aliphatic rings. The van der Waals surface area contributed by atoms with Crippen LogP contribution in [0.2, 0.25) is 0 Å². The van der Waals surface area contributed by atoms with E-state index in [1.165, 1.54) is 19.4 Å². The maximum atomic E-state index is 13.2. The summed E-state index contributed by atoms with van der Waals surface area (Å²) in [7, 11) is 1.43. The van der Waals surface area contributed by atoms with Gasteiger partial charge in [-0.1, -0.05) is 0 Å². The zero-order valence-corrected chi connectivity index (χ0v) is 9.88. The molecule has 0 fully saturated rings. The third kappa shape index (κ3) is 2.46. The van der Waals surface area contributed by atoms with E-state index in [1.54, 1.807) is 11.1 Å². The summed E-state index contributed by atoms with van der Waals surface area (Å²) in [5.41, 5.74) is -1.61. The molecule has 0 aliphatic carbocycles. The second-order valence-electron chi connectivity index (χ2n) is 3.69. The van der Waals surface area contributed by atoms with Crippen molar-refractivity contribution in [3.05, 3.63) is 50.5 Å². The molecule has 0 saturated carbocycles. The zero-order chi connectivity index (χ0) is 14.0. The van der Waals surface area contributed by atoms with Crippen molar-refractivity contribution in [2.45, 2.75) is 6.54 Å². The lowest BCUT2D eigenvalue weighted by atomic mass is 10.2. The Bertz CT molecular complexity index is 723. The van der Waals surface area contributed by atoms with Gasteiger partial charge in [-0.05, 0) is 11.6 Å². The van der Waals surface area contributed by atoms with E-state index in [1.807, 2.05) is 0 Å². The van der Waals surface area contributed by atoms with Crippen molar-refractivity contribution >= 4 is 0 Å². The molecule has 2 heterocycles. The van der Waals surface area contributed by atoms with Crippen molar-refractivity contribution in [3.63, 3.8) is 0 Å². The van der Waals surface area contributed by atoms with Crippen LogP contribution in [0, 0.1) is 5.82 Å². The first-order valence-electron chi connectivity index (χ1n) is 5.23. The van der Waals surface area contributed by atoms with Gasteiger partial charge >= 0.3 is 5.69 Å². The normalized spacial score (nSPS) is 10.4. The van der Waals surface area contributed by atoms with Gasteiger partial charge < -0.3 is 9.84 Å². The summed E-state index contributed by atoms with van der Waals surface area (Å²) in [5.74, 6) is -2.10. The molecule has 7 nitrogen and oxygen atoms in total. The lowest BCUT2D eigenvalue weighted by molar-refractivity contribution is 0.366. The summed E-state index contributed by atoms with van der Waals surface area (Å²) in [4.78, 5) is 28.1. The second kappa shape index (κ2) is 4.92. The van der Waals surface area contributed by atoms with Crippen molar-refractivity contribution in [1.82, 2.24) is 14.5 Å². The van der Waals surface area contributed by atoms with E-state index < -0.39 is 22.9 Å². The first-order valence-corrected chi connectivity index (χ1v) is 5.23. The molecule has 2 aromatic heterocycles. The van der Waals surface area contributed by atoms with E-state index in [-0.39, 0.29) is 6.54 Å². The number of nitrogens with zero attached hydrogens (tertiary/aromatic N) is 2. The summed E-state index contributed by atoms with van der Waals surface area (Å²) >= 11 is 0. The predicted molar refractivity (Wildman–Crippen MR) is 62.8 cm³/mol. The van der Waals surface area contributed by atoms with Crippen LogP contribution in [0.15, 0.2) is 27.9 Å². The Morgan fingerprint density at radius 1 is 1.53 bits per heavy atom. The molecule has 0 aromatic carbocycles. The first kappa shape index (κ1) is 12.8. The van der Waals surface area contributed by atoms with E-state index in [9.17, 15) is 19.1 Å². The minimum atomic E-state index is -1.40. The smallest absolute Gasteiger partial charge is 0.331 e. The summed E-state index contributed by atoms with van der Waals surface area (Å²) < 4.78 is 18.8.